The van der Waals surface area contributed by atoms with E-state index in [0.29, 0.717) is 23.8 Å². The van der Waals surface area contributed by atoms with E-state index >= 15 is 0 Å². The number of ether oxygens (including phenoxy) is 3. The Morgan fingerprint density at radius 2 is 1.59 bits per heavy atom. The number of hydrogen-bond donors (Lipinski definition) is 2. The highest BCUT2D eigenvalue weighted by Gasteiger charge is 2.14. The van der Waals surface area contributed by atoms with Gasteiger partial charge < -0.3 is 24.8 Å². The van der Waals surface area contributed by atoms with Crippen molar-refractivity contribution in [2.45, 2.75) is 32.9 Å². The molecule has 0 aliphatic heterocycles. The van der Waals surface area contributed by atoms with Gasteiger partial charge in [-0.05, 0) is 38.5 Å². The first kappa shape index (κ1) is 17.9. The summed E-state index contributed by atoms with van der Waals surface area (Å²) in [7, 11) is 6.55. The van der Waals surface area contributed by atoms with Crippen molar-refractivity contribution < 1.29 is 14.2 Å². The number of benzene rings is 1. The number of nitrogens with zero attached hydrogens (tertiary/aromatic N) is 1. The Kier molecular flexibility index (Phi) is 6.34. The van der Waals surface area contributed by atoms with Gasteiger partial charge in [-0.15, -0.1) is 0 Å². The van der Waals surface area contributed by atoms with Crippen molar-refractivity contribution in [1.29, 1.82) is 0 Å². The van der Waals surface area contributed by atoms with E-state index in [-0.39, 0.29) is 5.54 Å². The molecular formula is C16H27N3O3. The number of methoxy groups -OCH3 is 3. The Morgan fingerprint density at radius 3 is 1.95 bits per heavy atom. The average Bonchev–Trinajstić information content (AvgIpc) is 2.48. The second kappa shape index (κ2) is 7.77. The van der Waals surface area contributed by atoms with E-state index in [2.05, 4.69) is 36.4 Å². The van der Waals surface area contributed by atoms with Crippen LogP contribution in [0.2, 0.25) is 0 Å². The zero-order valence-corrected chi connectivity index (χ0v) is 14.5. The summed E-state index contributed by atoms with van der Waals surface area (Å²) in [6.07, 6.45) is 0. The molecule has 0 aliphatic rings. The molecule has 2 N–H and O–H groups in total. The molecule has 0 aromatic heterocycles. The Hall–Kier alpha value is -2.11. The third-order valence-electron chi connectivity index (χ3n) is 2.90. The minimum atomic E-state index is -0.0584. The van der Waals surface area contributed by atoms with Crippen LogP contribution in [-0.4, -0.2) is 39.9 Å². The molecule has 6 heteroatoms. The van der Waals surface area contributed by atoms with Crippen molar-refractivity contribution in [1.82, 2.24) is 10.6 Å². The Balaban J connectivity index is 2.90. The number of hydrogen-bond acceptors (Lipinski definition) is 4. The molecule has 0 saturated heterocycles. The first-order valence-electron chi connectivity index (χ1n) is 7.12. The van der Waals surface area contributed by atoms with E-state index < -0.39 is 0 Å². The lowest BCUT2D eigenvalue weighted by Gasteiger charge is -2.24. The highest BCUT2D eigenvalue weighted by atomic mass is 16.5. The molecule has 0 spiro atoms. The van der Waals surface area contributed by atoms with Crippen LogP contribution in [0.3, 0.4) is 0 Å². The van der Waals surface area contributed by atoms with Crippen LogP contribution in [0.25, 0.3) is 0 Å². The van der Waals surface area contributed by atoms with Gasteiger partial charge >= 0.3 is 0 Å². The van der Waals surface area contributed by atoms with Gasteiger partial charge in [0.25, 0.3) is 0 Å². The highest BCUT2D eigenvalue weighted by Crippen LogP contribution is 2.38. The average molecular weight is 309 g/mol. The maximum Gasteiger partial charge on any atom is 0.203 e. The summed E-state index contributed by atoms with van der Waals surface area (Å²) >= 11 is 0. The molecule has 0 amide bonds. The molecule has 1 aromatic carbocycles. The largest absolute Gasteiger partial charge is 0.493 e. The lowest BCUT2D eigenvalue weighted by atomic mass is 10.1. The smallest absolute Gasteiger partial charge is 0.203 e. The molecule has 0 fully saturated rings. The maximum absolute atomic E-state index is 5.35. The normalized spacial score (nSPS) is 11.9. The first-order valence-corrected chi connectivity index (χ1v) is 7.12. The lowest BCUT2D eigenvalue weighted by molar-refractivity contribution is 0.323. The molecule has 1 rings (SSSR count). The minimum Gasteiger partial charge on any atom is -0.493 e. The maximum atomic E-state index is 5.35. The minimum absolute atomic E-state index is 0.0584. The highest BCUT2D eigenvalue weighted by molar-refractivity contribution is 5.80. The number of guanidine groups is 1. The van der Waals surface area contributed by atoms with Crippen LogP contribution in [0, 0.1) is 0 Å². The predicted molar refractivity (Wildman–Crippen MR) is 89.2 cm³/mol. The van der Waals surface area contributed by atoms with Crippen molar-refractivity contribution >= 4 is 5.96 Å². The third-order valence-corrected chi connectivity index (χ3v) is 2.90. The van der Waals surface area contributed by atoms with Crippen LogP contribution >= 0.6 is 0 Å². The molecule has 0 aliphatic carbocycles. The molecule has 0 radical (unpaired) electrons. The van der Waals surface area contributed by atoms with Crippen molar-refractivity contribution in [3.8, 4) is 17.2 Å². The van der Waals surface area contributed by atoms with Crippen molar-refractivity contribution in [3.05, 3.63) is 17.7 Å². The summed E-state index contributed by atoms with van der Waals surface area (Å²) < 4.78 is 16.0. The summed E-state index contributed by atoms with van der Waals surface area (Å²) in [5.74, 6) is 2.60. The quantitative estimate of drug-likeness (QED) is 0.645. The van der Waals surface area contributed by atoms with Gasteiger partial charge in [0.1, 0.15) is 0 Å². The Morgan fingerprint density at radius 1 is 1.05 bits per heavy atom. The number of aliphatic imine (C=N–C) groups is 1. The molecule has 0 heterocycles. The summed E-state index contributed by atoms with van der Waals surface area (Å²) in [6, 6.07) is 3.83. The summed E-state index contributed by atoms with van der Waals surface area (Å²) in [4.78, 5) is 4.21. The van der Waals surface area contributed by atoms with E-state index in [0.717, 1.165) is 11.5 Å². The van der Waals surface area contributed by atoms with Crippen molar-refractivity contribution in [2.75, 3.05) is 28.4 Å². The lowest BCUT2D eigenvalue weighted by Crippen LogP contribution is -2.47. The van der Waals surface area contributed by atoms with E-state index in [1.165, 1.54) is 0 Å². The SMILES string of the molecule is CN=C(NCc1cc(OC)c(OC)c(OC)c1)NC(C)(C)C. The molecule has 22 heavy (non-hydrogen) atoms. The van der Waals surface area contributed by atoms with Gasteiger partial charge in [0.15, 0.2) is 17.5 Å². The van der Waals surface area contributed by atoms with E-state index in [9.17, 15) is 0 Å². The fraction of sp³-hybridized carbons (Fsp3) is 0.562. The van der Waals surface area contributed by atoms with Crippen molar-refractivity contribution in [2.24, 2.45) is 4.99 Å². The van der Waals surface area contributed by atoms with Crippen LogP contribution in [0.15, 0.2) is 17.1 Å². The van der Waals surface area contributed by atoms with Crippen LogP contribution < -0.4 is 24.8 Å². The molecule has 0 saturated carbocycles. The van der Waals surface area contributed by atoms with E-state index in [1.54, 1.807) is 28.4 Å². The standard InChI is InChI=1S/C16H27N3O3/c1-16(2,3)19-15(17-4)18-10-11-8-12(20-5)14(22-7)13(9-11)21-6/h8-9H,10H2,1-7H3,(H2,17,18,19). The van der Waals surface area contributed by atoms with Gasteiger partial charge in [0.2, 0.25) is 5.75 Å². The zero-order chi connectivity index (χ0) is 16.8. The summed E-state index contributed by atoms with van der Waals surface area (Å²) in [6.45, 7) is 6.84. The monoisotopic (exact) mass is 309 g/mol. The number of rotatable bonds is 5. The summed E-state index contributed by atoms with van der Waals surface area (Å²) in [5.41, 5.74) is 0.947. The van der Waals surface area contributed by atoms with Gasteiger partial charge in [-0.1, -0.05) is 0 Å². The van der Waals surface area contributed by atoms with Gasteiger partial charge in [-0.3, -0.25) is 4.99 Å². The van der Waals surface area contributed by atoms with Crippen LogP contribution in [0.4, 0.5) is 0 Å². The molecule has 0 bridgehead atoms. The summed E-state index contributed by atoms with van der Waals surface area (Å²) in [5, 5.41) is 6.58. The second-order valence-electron chi connectivity index (χ2n) is 5.83. The second-order valence-corrected chi connectivity index (χ2v) is 5.83. The fourth-order valence-corrected chi connectivity index (χ4v) is 1.96. The zero-order valence-electron chi connectivity index (χ0n) is 14.5. The van der Waals surface area contributed by atoms with Crippen LogP contribution in [0.1, 0.15) is 26.3 Å². The van der Waals surface area contributed by atoms with Crippen LogP contribution in [0.5, 0.6) is 17.2 Å². The molecule has 0 unspecified atom stereocenters. The molecule has 6 nitrogen and oxygen atoms in total. The molecular weight excluding hydrogens is 282 g/mol. The predicted octanol–water partition coefficient (Wildman–Crippen LogP) is 2.18. The van der Waals surface area contributed by atoms with Gasteiger partial charge in [0.05, 0.1) is 21.3 Å². The Labute approximate surface area is 132 Å². The van der Waals surface area contributed by atoms with E-state index in [4.69, 9.17) is 14.2 Å². The molecule has 0 atom stereocenters. The van der Waals surface area contributed by atoms with Gasteiger partial charge in [0, 0.05) is 19.1 Å². The van der Waals surface area contributed by atoms with Gasteiger partial charge in [-0.2, -0.15) is 0 Å². The topological polar surface area (TPSA) is 64.1 Å². The van der Waals surface area contributed by atoms with Crippen LogP contribution in [-0.2, 0) is 6.54 Å². The Bertz CT molecular complexity index is 497. The first-order chi connectivity index (χ1) is 10.3. The molecule has 124 valence electrons. The van der Waals surface area contributed by atoms with E-state index in [1.807, 2.05) is 12.1 Å². The third kappa shape index (κ3) is 5.02. The fourth-order valence-electron chi connectivity index (χ4n) is 1.96. The van der Waals surface area contributed by atoms with Gasteiger partial charge in [-0.25, -0.2) is 0 Å². The molecule has 1 aromatic rings. The number of nitrogens with one attached hydrogen (secondary N) is 2. The van der Waals surface area contributed by atoms with Crippen molar-refractivity contribution in [3.63, 3.8) is 0 Å².